The number of aliphatic hydroxyl groups excluding tert-OH is 1. The third-order valence-electron chi connectivity index (χ3n) is 10.1. The molecule has 1 saturated heterocycles. The number of hydrogen-bond acceptors (Lipinski definition) is 6. The van der Waals surface area contributed by atoms with E-state index in [-0.39, 0.29) is 34.8 Å². The second-order valence-electron chi connectivity index (χ2n) is 15.9. The smallest absolute Gasteiger partial charge is 0.302 e. The van der Waals surface area contributed by atoms with E-state index in [1.165, 1.54) is 6.92 Å². The average Bonchev–Trinajstić information content (AvgIpc) is 3.53. The van der Waals surface area contributed by atoms with Gasteiger partial charge in [0.2, 0.25) is 0 Å². The first kappa shape index (κ1) is 39.2. The number of ether oxygens (including phenoxy) is 2. The van der Waals surface area contributed by atoms with E-state index >= 15 is 0 Å². The molecule has 2 saturated carbocycles. The summed E-state index contributed by atoms with van der Waals surface area (Å²) in [6.07, 6.45) is 23.6. The van der Waals surface area contributed by atoms with Gasteiger partial charge in [0.05, 0.1) is 17.3 Å². The number of epoxide rings is 1. The Kier molecular flexibility index (Phi) is 12.3. The summed E-state index contributed by atoms with van der Waals surface area (Å²) in [5, 5.41) is 21.4. The summed E-state index contributed by atoms with van der Waals surface area (Å²) >= 11 is 0. The fourth-order valence-corrected chi connectivity index (χ4v) is 7.76. The molecule has 0 aromatic heterocycles. The predicted octanol–water partition coefficient (Wildman–Crippen LogP) is 8.69. The molecule has 5 atom stereocenters. The maximum atomic E-state index is 13.1. The van der Waals surface area contributed by atoms with Crippen LogP contribution in [0.15, 0.2) is 100 Å². The Morgan fingerprint density at radius 1 is 0.812 bits per heavy atom. The molecule has 6 nitrogen and oxygen atoms in total. The SMILES string of the molecule is CC(=O)O[C@H]1CC(C)(C)C(=C=C/C(C)=C/C=C/C(C)=C/C=C/C=C(C)/C=C/C=C(\C)C(=O)C[C@@]23O[C@]2(C)CC(O)CC3(C)C)[C@](C)(O)C1. The molecular formula is C42H58O6. The summed E-state index contributed by atoms with van der Waals surface area (Å²) in [5.74, 6) is -0.244. The number of Topliss-reactive ketones (excluding diaryl/α,β-unsaturated/α-hetero) is 1. The van der Waals surface area contributed by atoms with E-state index in [1.54, 1.807) is 6.92 Å². The molecule has 0 bridgehead atoms. The molecule has 0 amide bonds. The molecule has 262 valence electrons. The van der Waals surface area contributed by atoms with Gasteiger partial charge in [0.25, 0.3) is 0 Å². The molecule has 1 heterocycles. The lowest BCUT2D eigenvalue weighted by molar-refractivity contribution is -0.152. The minimum atomic E-state index is -1.11. The maximum absolute atomic E-state index is 13.1. The van der Waals surface area contributed by atoms with E-state index in [9.17, 15) is 19.8 Å². The summed E-state index contributed by atoms with van der Waals surface area (Å²) < 4.78 is 11.6. The summed E-state index contributed by atoms with van der Waals surface area (Å²) in [5.41, 5.74) is 5.35. The van der Waals surface area contributed by atoms with Gasteiger partial charge in [0.15, 0.2) is 5.78 Å². The molecule has 0 aromatic carbocycles. The third kappa shape index (κ3) is 9.66. The summed E-state index contributed by atoms with van der Waals surface area (Å²) in [7, 11) is 0. The molecule has 3 fully saturated rings. The van der Waals surface area contributed by atoms with Crippen LogP contribution >= 0.6 is 0 Å². The number of aliphatic hydroxyl groups is 2. The lowest BCUT2D eigenvalue weighted by atomic mass is 9.61. The van der Waals surface area contributed by atoms with Crippen molar-refractivity contribution in [3.05, 3.63) is 100 Å². The van der Waals surface area contributed by atoms with Crippen LogP contribution in [0.2, 0.25) is 0 Å². The monoisotopic (exact) mass is 658 g/mol. The van der Waals surface area contributed by atoms with Gasteiger partial charge >= 0.3 is 5.97 Å². The summed E-state index contributed by atoms with van der Waals surface area (Å²) in [6.45, 7) is 21.4. The Bertz CT molecular complexity index is 1510. The van der Waals surface area contributed by atoms with Gasteiger partial charge in [-0.25, -0.2) is 0 Å². The lowest BCUT2D eigenvalue weighted by Gasteiger charge is -2.44. The number of carbonyl (C=O) groups excluding carboxylic acids is 2. The van der Waals surface area contributed by atoms with Gasteiger partial charge in [-0.15, -0.1) is 5.73 Å². The van der Waals surface area contributed by atoms with Gasteiger partial charge in [-0.2, -0.15) is 0 Å². The number of carbonyl (C=O) groups is 2. The maximum Gasteiger partial charge on any atom is 0.302 e. The Hall–Kier alpha value is -3.28. The fraction of sp³-hybridized carbons (Fsp3) is 0.548. The molecule has 0 aromatic rings. The van der Waals surface area contributed by atoms with E-state index in [1.807, 2.05) is 115 Å². The molecule has 3 rings (SSSR count). The van der Waals surface area contributed by atoms with Gasteiger partial charge in [0.1, 0.15) is 11.7 Å². The molecule has 6 heteroatoms. The largest absolute Gasteiger partial charge is 0.462 e. The first-order valence-corrected chi connectivity index (χ1v) is 17.1. The van der Waals surface area contributed by atoms with E-state index in [2.05, 4.69) is 19.6 Å². The number of allylic oxidation sites excluding steroid dienone is 14. The molecule has 1 unspecified atom stereocenters. The molecule has 48 heavy (non-hydrogen) atoms. The first-order chi connectivity index (χ1) is 22.1. The number of rotatable bonds is 11. The van der Waals surface area contributed by atoms with Crippen molar-refractivity contribution in [2.75, 3.05) is 0 Å². The zero-order valence-corrected chi connectivity index (χ0v) is 31.1. The zero-order chi connectivity index (χ0) is 36.1. The van der Waals surface area contributed by atoms with Crippen LogP contribution in [0.5, 0.6) is 0 Å². The fourth-order valence-electron chi connectivity index (χ4n) is 7.76. The van der Waals surface area contributed by atoms with E-state index in [0.29, 0.717) is 37.7 Å². The number of hydrogen-bond donors (Lipinski definition) is 2. The van der Waals surface area contributed by atoms with Crippen molar-refractivity contribution in [3.8, 4) is 0 Å². The van der Waals surface area contributed by atoms with Gasteiger partial charge < -0.3 is 19.7 Å². The quantitative estimate of drug-likeness (QED) is 0.0758. The van der Waals surface area contributed by atoms with Crippen LogP contribution in [0.25, 0.3) is 0 Å². The van der Waals surface area contributed by atoms with Crippen LogP contribution in [0.4, 0.5) is 0 Å². The predicted molar refractivity (Wildman–Crippen MR) is 194 cm³/mol. The minimum Gasteiger partial charge on any atom is -0.462 e. The second kappa shape index (κ2) is 15.1. The van der Waals surface area contributed by atoms with Crippen molar-refractivity contribution >= 4 is 11.8 Å². The molecule has 3 aliphatic rings. The van der Waals surface area contributed by atoms with Crippen LogP contribution in [-0.4, -0.2) is 51.0 Å². The third-order valence-corrected chi connectivity index (χ3v) is 10.1. The molecule has 1 aliphatic heterocycles. The molecule has 2 aliphatic carbocycles. The molecule has 0 radical (unpaired) electrons. The Labute approximate surface area is 289 Å². The van der Waals surface area contributed by atoms with Crippen LogP contribution in [0.1, 0.15) is 108 Å². The van der Waals surface area contributed by atoms with Crippen LogP contribution in [0, 0.1) is 10.8 Å². The van der Waals surface area contributed by atoms with E-state index in [4.69, 9.17) is 9.47 Å². The minimum absolute atomic E-state index is 0.0816. The summed E-state index contributed by atoms with van der Waals surface area (Å²) in [6, 6.07) is 0. The highest BCUT2D eigenvalue weighted by atomic mass is 16.6. The van der Waals surface area contributed by atoms with Crippen LogP contribution in [-0.2, 0) is 19.1 Å². The number of ketones is 1. The Morgan fingerprint density at radius 2 is 1.38 bits per heavy atom. The van der Waals surface area contributed by atoms with Crippen molar-refractivity contribution < 1.29 is 29.3 Å². The van der Waals surface area contributed by atoms with Crippen LogP contribution < -0.4 is 0 Å². The first-order valence-electron chi connectivity index (χ1n) is 17.1. The highest BCUT2D eigenvalue weighted by Crippen LogP contribution is 2.67. The van der Waals surface area contributed by atoms with Gasteiger partial charge in [0, 0.05) is 31.8 Å². The molecular weight excluding hydrogens is 600 g/mol. The average molecular weight is 659 g/mol. The second-order valence-corrected chi connectivity index (χ2v) is 15.9. The lowest BCUT2D eigenvalue weighted by Crippen LogP contribution is -2.48. The molecule has 0 spiro atoms. The van der Waals surface area contributed by atoms with Crippen molar-refractivity contribution in [3.63, 3.8) is 0 Å². The standard InChI is InChI=1S/C42H58O6/c1-29(18-14-19-31(3)22-23-37-38(6,7)26-35(47-33(5)43)27-40(37,10)46)16-12-13-17-30(2)20-15-21-32(4)36(45)28-42-39(8,9)24-34(44)25-41(42,11)48-42/h12-22,34-35,44,46H,24-28H2,1-11H3/b13-12+,18-14+,20-15+,29-16+,30-17+,31-19+,32-21+/t23?,34?,35-,40+,41+,42-/m0/s1. The van der Waals surface area contributed by atoms with Crippen molar-refractivity contribution in [1.29, 1.82) is 0 Å². The van der Waals surface area contributed by atoms with Crippen LogP contribution in [0.3, 0.4) is 0 Å². The van der Waals surface area contributed by atoms with Crippen molar-refractivity contribution in [2.45, 2.75) is 137 Å². The highest BCUT2D eigenvalue weighted by molar-refractivity contribution is 5.96. The zero-order valence-electron chi connectivity index (χ0n) is 31.1. The van der Waals surface area contributed by atoms with E-state index < -0.39 is 16.8 Å². The number of esters is 1. The summed E-state index contributed by atoms with van der Waals surface area (Å²) in [4.78, 5) is 24.5. The Balaban J connectivity index is 1.54. The topological polar surface area (TPSA) is 96.4 Å². The van der Waals surface area contributed by atoms with E-state index in [0.717, 1.165) is 22.3 Å². The Morgan fingerprint density at radius 3 is 1.92 bits per heavy atom. The normalized spacial score (nSPS) is 32.4. The van der Waals surface area contributed by atoms with Gasteiger partial charge in [-0.1, -0.05) is 99.6 Å². The highest BCUT2D eigenvalue weighted by Gasteiger charge is 2.76. The number of fused-ring (bicyclic) bond motifs is 1. The molecule has 2 N–H and O–H groups in total. The van der Waals surface area contributed by atoms with Crippen molar-refractivity contribution in [1.82, 2.24) is 0 Å². The van der Waals surface area contributed by atoms with Gasteiger partial charge in [-0.05, 0) is 82.4 Å². The van der Waals surface area contributed by atoms with Gasteiger partial charge in [-0.3, -0.25) is 9.59 Å². The van der Waals surface area contributed by atoms with Crippen molar-refractivity contribution in [2.24, 2.45) is 10.8 Å².